The van der Waals surface area contributed by atoms with Crippen molar-refractivity contribution in [1.82, 2.24) is 0 Å². The molecular formula is C2H3F3OZn. The molecule has 0 aliphatic rings. The fourth-order valence-electron chi connectivity index (χ4n) is 0. The van der Waals surface area contributed by atoms with Crippen LogP contribution >= 0.6 is 0 Å². The van der Waals surface area contributed by atoms with E-state index >= 15 is 0 Å². The quantitative estimate of drug-likeness (QED) is 0.562. The zero-order valence-electron chi connectivity index (χ0n) is 3.50. The van der Waals surface area contributed by atoms with E-state index < -0.39 is 12.8 Å². The van der Waals surface area contributed by atoms with Gasteiger partial charge in [-0.1, -0.05) is 0 Å². The normalized spacial score (nSPS) is 10.3. The van der Waals surface area contributed by atoms with E-state index in [0.29, 0.717) is 0 Å². The van der Waals surface area contributed by atoms with Gasteiger partial charge in [0.25, 0.3) is 0 Å². The van der Waals surface area contributed by atoms with Crippen molar-refractivity contribution >= 4 is 0 Å². The first-order chi connectivity index (χ1) is 2.56. The minimum atomic E-state index is -4.12. The number of aliphatic hydroxyl groups is 1. The number of hydrogen-bond donors (Lipinski definition) is 1. The standard InChI is InChI=1S/C2H3F3O.Zn/c3-1-2(4,5)6;/h6H,1H2;. The van der Waals surface area contributed by atoms with Crippen LogP contribution < -0.4 is 0 Å². The number of rotatable bonds is 1. The third-order valence-corrected chi connectivity index (χ3v) is 0.161. The van der Waals surface area contributed by atoms with Gasteiger partial charge in [0, 0.05) is 19.5 Å². The maximum absolute atomic E-state index is 10.6. The minimum absolute atomic E-state index is 0. The van der Waals surface area contributed by atoms with E-state index in [-0.39, 0.29) is 19.5 Å². The molecule has 0 bridgehead atoms. The Kier molecular flexibility index (Phi) is 5.02. The molecule has 0 aliphatic heterocycles. The molecule has 0 fully saturated rings. The Morgan fingerprint density at radius 2 is 1.57 bits per heavy atom. The molecule has 7 heavy (non-hydrogen) atoms. The van der Waals surface area contributed by atoms with Gasteiger partial charge in [-0.15, -0.1) is 0 Å². The van der Waals surface area contributed by atoms with Crippen molar-refractivity contribution in [2.45, 2.75) is 6.11 Å². The summed E-state index contributed by atoms with van der Waals surface area (Å²) in [6.45, 7) is -2.01. The predicted molar refractivity (Wildman–Crippen MR) is 13.1 cm³/mol. The molecule has 0 aromatic rings. The zero-order valence-corrected chi connectivity index (χ0v) is 6.46. The summed E-state index contributed by atoms with van der Waals surface area (Å²) in [5.74, 6) is 0. The largest absolute Gasteiger partial charge is 0.381 e. The molecule has 0 saturated carbocycles. The van der Waals surface area contributed by atoms with E-state index in [0.717, 1.165) is 0 Å². The van der Waals surface area contributed by atoms with Gasteiger partial charge < -0.3 is 5.11 Å². The van der Waals surface area contributed by atoms with Crippen LogP contribution in [-0.2, 0) is 19.5 Å². The molecule has 0 aliphatic carbocycles. The second-order valence-electron chi connectivity index (χ2n) is 0.799. The third kappa shape index (κ3) is 10.7. The molecule has 1 N–H and O–H groups in total. The van der Waals surface area contributed by atoms with Crippen LogP contribution in [0.1, 0.15) is 0 Å². The first kappa shape index (κ1) is 10.4. The minimum Gasteiger partial charge on any atom is -0.334 e. The van der Waals surface area contributed by atoms with Crippen molar-refractivity contribution in [3.05, 3.63) is 0 Å². The molecule has 5 heteroatoms. The molecule has 0 amide bonds. The molecule has 0 unspecified atom stereocenters. The Bertz CT molecular complexity index is 42.7. The van der Waals surface area contributed by atoms with Gasteiger partial charge in [0.1, 0.15) is 0 Å². The maximum atomic E-state index is 10.6. The van der Waals surface area contributed by atoms with Crippen LogP contribution in [0.2, 0.25) is 0 Å². The molecule has 0 radical (unpaired) electrons. The third-order valence-electron chi connectivity index (χ3n) is 0.161. The zero-order chi connectivity index (χ0) is 5.21. The van der Waals surface area contributed by atoms with Gasteiger partial charge in [-0.2, -0.15) is 8.78 Å². The van der Waals surface area contributed by atoms with E-state index in [1.807, 2.05) is 0 Å². The second-order valence-corrected chi connectivity index (χ2v) is 0.799. The van der Waals surface area contributed by atoms with Gasteiger partial charge in [0.05, 0.1) is 0 Å². The molecule has 0 saturated heterocycles. The van der Waals surface area contributed by atoms with Crippen molar-refractivity contribution in [2.75, 3.05) is 6.67 Å². The second kappa shape index (κ2) is 3.38. The van der Waals surface area contributed by atoms with E-state index in [1.54, 1.807) is 0 Å². The monoisotopic (exact) mass is 164 g/mol. The predicted octanol–water partition coefficient (Wildman–Crippen LogP) is 0.539. The number of hydrogen-bond acceptors (Lipinski definition) is 1. The average molecular weight is 165 g/mol. The molecule has 0 heterocycles. The van der Waals surface area contributed by atoms with Gasteiger partial charge in [0.15, 0.2) is 6.67 Å². The van der Waals surface area contributed by atoms with Crippen molar-refractivity contribution in [1.29, 1.82) is 0 Å². The molecule has 40 valence electrons. The Morgan fingerprint density at radius 1 is 1.43 bits per heavy atom. The van der Waals surface area contributed by atoms with E-state index in [4.69, 9.17) is 5.11 Å². The van der Waals surface area contributed by atoms with Gasteiger partial charge in [-0.3, -0.25) is 0 Å². The van der Waals surface area contributed by atoms with E-state index in [2.05, 4.69) is 0 Å². The van der Waals surface area contributed by atoms with Crippen LogP contribution in [0.5, 0.6) is 0 Å². The first-order valence-corrected chi connectivity index (χ1v) is 1.22. The van der Waals surface area contributed by atoms with Crippen LogP contribution in [0.25, 0.3) is 0 Å². The maximum Gasteiger partial charge on any atom is 0.381 e. The summed E-state index contributed by atoms with van der Waals surface area (Å²) in [6.07, 6.45) is -4.12. The smallest absolute Gasteiger partial charge is 0.334 e. The van der Waals surface area contributed by atoms with Crippen molar-refractivity contribution in [2.24, 2.45) is 0 Å². The summed E-state index contributed by atoms with van der Waals surface area (Å²) in [7, 11) is 0. The molecule has 1 nitrogen and oxygen atoms in total. The Hall–Kier alpha value is 0.373. The summed E-state index contributed by atoms with van der Waals surface area (Å²) < 4.78 is 31.8. The van der Waals surface area contributed by atoms with Gasteiger partial charge in [-0.25, -0.2) is 4.39 Å². The van der Waals surface area contributed by atoms with Crippen LogP contribution in [0, 0.1) is 0 Å². The molecule has 0 atom stereocenters. The topological polar surface area (TPSA) is 20.2 Å². The summed E-state index contributed by atoms with van der Waals surface area (Å²) in [6, 6.07) is 0. The molecule has 0 aromatic heterocycles. The summed E-state index contributed by atoms with van der Waals surface area (Å²) >= 11 is 0. The Morgan fingerprint density at radius 3 is 1.57 bits per heavy atom. The van der Waals surface area contributed by atoms with Crippen LogP contribution in [0.3, 0.4) is 0 Å². The van der Waals surface area contributed by atoms with Crippen molar-refractivity contribution in [3.63, 3.8) is 0 Å². The molecule has 0 aromatic carbocycles. The SMILES string of the molecule is OC(F)(F)CF.[Zn]. The summed E-state index contributed by atoms with van der Waals surface area (Å²) in [4.78, 5) is 0. The van der Waals surface area contributed by atoms with Crippen molar-refractivity contribution in [3.8, 4) is 0 Å². The van der Waals surface area contributed by atoms with Gasteiger partial charge in [0.2, 0.25) is 0 Å². The summed E-state index contributed by atoms with van der Waals surface area (Å²) in [5.41, 5.74) is 0. The van der Waals surface area contributed by atoms with Crippen molar-refractivity contribution < 1.29 is 37.8 Å². The fourth-order valence-corrected chi connectivity index (χ4v) is 0. The first-order valence-electron chi connectivity index (χ1n) is 1.22. The van der Waals surface area contributed by atoms with E-state index in [9.17, 15) is 13.2 Å². The Labute approximate surface area is 51.3 Å². The molecule has 0 rings (SSSR count). The molecular weight excluding hydrogens is 162 g/mol. The Balaban J connectivity index is 0. The number of halogens is 3. The van der Waals surface area contributed by atoms with Crippen LogP contribution in [-0.4, -0.2) is 17.9 Å². The number of alkyl halides is 3. The average Bonchev–Trinajstić information content (AvgIpc) is 1.35. The molecule has 0 spiro atoms. The van der Waals surface area contributed by atoms with Gasteiger partial charge in [-0.05, 0) is 0 Å². The summed E-state index contributed by atoms with van der Waals surface area (Å²) in [5, 5.41) is 7.12. The van der Waals surface area contributed by atoms with E-state index in [1.165, 1.54) is 0 Å². The van der Waals surface area contributed by atoms with Gasteiger partial charge >= 0.3 is 6.11 Å². The van der Waals surface area contributed by atoms with Crippen LogP contribution in [0.15, 0.2) is 0 Å². The fraction of sp³-hybridized carbons (Fsp3) is 1.00. The van der Waals surface area contributed by atoms with Crippen LogP contribution in [0.4, 0.5) is 13.2 Å².